The maximum Gasteiger partial charge on any atom is 0.309 e. The molecule has 1 aromatic carbocycles. The molecule has 0 amide bonds. The maximum absolute atomic E-state index is 10.8. The second kappa shape index (κ2) is 4.16. The lowest BCUT2D eigenvalue weighted by atomic mass is 10.1. The van der Waals surface area contributed by atoms with Crippen molar-refractivity contribution in [1.29, 1.82) is 0 Å². The van der Waals surface area contributed by atoms with E-state index in [0.29, 0.717) is 0 Å². The van der Waals surface area contributed by atoms with Crippen molar-refractivity contribution < 1.29 is 14.6 Å². The number of cyclic esters (lactones) is 1. The Labute approximate surface area is 87.7 Å². The maximum atomic E-state index is 10.8. The van der Waals surface area contributed by atoms with Crippen LogP contribution < -0.4 is 0 Å². The predicted octanol–water partition coefficient (Wildman–Crippen LogP) is 0.715. The Bertz CT molecular complexity index is 413. The first-order chi connectivity index (χ1) is 7.25. The molecule has 3 nitrogen and oxygen atoms in total. The van der Waals surface area contributed by atoms with E-state index < -0.39 is 18.2 Å². The summed E-state index contributed by atoms with van der Waals surface area (Å²) in [6, 6.07) is 9.37. The third-order valence-electron chi connectivity index (χ3n) is 2.12. The van der Waals surface area contributed by atoms with Gasteiger partial charge in [-0.3, -0.25) is 4.79 Å². The monoisotopic (exact) mass is 202 g/mol. The van der Waals surface area contributed by atoms with Crippen molar-refractivity contribution in [1.82, 2.24) is 0 Å². The van der Waals surface area contributed by atoms with Crippen LogP contribution in [0.15, 0.2) is 30.3 Å². The van der Waals surface area contributed by atoms with Gasteiger partial charge in [0.2, 0.25) is 0 Å². The van der Waals surface area contributed by atoms with Gasteiger partial charge in [0.1, 0.15) is 6.10 Å². The molecule has 0 aromatic heterocycles. The van der Waals surface area contributed by atoms with Crippen molar-refractivity contribution in [3.8, 4) is 11.8 Å². The van der Waals surface area contributed by atoms with E-state index >= 15 is 0 Å². The molecule has 0 unspecified atom stereocenters. The lowest BCUT2D eigenvalue weighted by Gasteiger charge is -2.03. The molecule has 76 valence electrons. The number of ether oxygens (including phenoxy) is 1. The Morgan fingerprint density at radius 3 is 2.67 bits per heavy atom. The van der Waals surface area contributed by atoms with E-state index in [-0.39, 0.29) is 6.42 Å². The largest absolute Gasteiger partial charge is 0.446 e. The zero-order valence-corrected chi connectivity index (χ0v) is 8.01. The fraction of sp³-hybridized carbons (Fsp3) is 0.250. The van der Waals surface area contributed by atoms with E-state index in [1.54, 1.807) is 0 Å². The second-order valence-electron chi connectivity index (χ2n) is 3.32. The normalized spacial score (nSPS) is 24.2. The number of hydrogen-bond acceptors (Lipinski definition) is 3. The number of carbonyl (C=O) groups is 1. The van der Waals surface area contributed by atoms with Crippen molar-refractivity contribution in [2.24, 2.45) is 0 Å². The molecule has 0 spiro atoms. The zero-order chi connectivity index (χ0) is 10.7. The summed E-state index contributed by atoms with van der Waals surface area (Å²) in [5, 5.41) is 9.39. The quantitative estimate of drug-likeness (QED) is 0.498. The molecule has 2 rings (SSSR count). The molecule has 0 radical (unpaired) electrons. The second-order valence-corrected chi connectivity index (χ2v) is 3.32. The van der Waals surface area contributed by atoms with Gasteiger partial charge < -0.3 is 9.84 Å². The molecule has 1 aliphatic rings. The van der Waals surface area contributed by atoms with Crippen molar-refractivity contribution in [2.45, 2.75) is 18.6 Å². The van der Waals surface area contributed by atoms with Crippen LogP contribution in [0.4, 0.5) is 0 Å². The number of rotatable bonds is 0. The Morgan fingerprint density at radius 1 is 1.33 bits per heavy atom. The molecule has 1 aromatic rings. The topological polar surface area (TPSA) is 46.5 Å². The molecule has 1 N–H and O–H groups in total. The summed E-state index contributed by atoms with van der Waals surface area (Å²) in [4.78, 5) is 10.8. The van der Waals surface area contributed by atoms with Gasteiger partial charge in [-0.2, -0.15) is 0 Å². The van der Waals surface area contributed by atoms with E-state index in [0.717, 1.165) is 5.56 Å². The van der Waals surface area contributed by atoms with E-state index in [1.165, 1.54) is 0 Å². The minimum Gasteiger partial charge on any atom is -0.446 e. The van der Waals surface area contributed by atoms with Crippen molar-refractivity contribution in [2.75, 3.05) is 0 Å². The molecule has 0 aliphatic carbocycles. The molecule has 1 saturated heterocycles. The van der Waals surface area contributed by atoms with Gasteiger partial charge in [0.05, 0.1) is 6.42 Å². The fourth-order valence-electron chi connectivity index (χ4n) is 1.35. The van der Waals surface area contributed by atoms with Crippen LogP contribution in [0, 0.1) is 11.8 Å². The van der Waals surface area contributed by atoms with Gasteiger partial charge in [0.15, 0.2) is 6.10 Å². The lowest BCUT2D eigenvalue weighted by Crippen LogP contribution is -2.18. The van der Waals surface area contributed by atoms with Crippen LogP contribution in [0.5, 0.6) is 0 Å². The predicted molar refractivity (Wildman–Crippen MR) is 53.8 cm³/mol. The molecule has 3 heteroatoms. The molecule has 0 bridgehead atoms. The number of benzene rings is 1. The number of carbonyl (C=O) groups excluding carboxylic acids is 1. The van der Waals surface area contributed by atoms with Crippen LogP contribution in [0.2, 0.25) is 0 Å². The number of aliphatic hydroxyl groups is 1. The average Bonchev–Trinajstić information content (AvgIpc) is 2.56. The summed E-state index contributed by atoms with van der Waals surface area (Å²) in [5.41, 5.74) is 0.840. The summed E-state index contributed by atoms with van der Waals surface area (Å²) >= 11 is 0. The van der Waals surface area contributed by atoms with Gasteiger partial charge in [-0.15, -0.1) is 0 Å². The summed E-state index contributed by atoms with van der Waals surface area (Å²) < 4.78 is 4.83. The Kier molecular flexibility index (Phi) is 2.70. The van der Waals surface area contributed by atoms with Crippen LogP contribution in [-0.2, 0) is 9.53 Å². The van der Waals surface area contributed by atoms with Crippen LogP contribution in [0.1, 0.15) is 12.0 Å². The fourth-order valence-corrected chi connectivity index (χ4v) is 1.35. The van der Waals surface area contributed by atoms with Gasteiger partial charge in [0, 0.05) is 5.56 Å². The highest BCUT2D eigenvalue weighted by Crippen LogP contribution is 2.13. The Hall–Kier alpha value is -1.79. The van der Waals surface area contributed by atoms with Crippen molar-refractivity contribution in [3.05, 3.63) is 35.9 Å². The highest BCUT2D eigenvalue weighted by Gasteiger charge is 2.31. The van der Waals surface area contributed by atoms with Gasteiger partial charge in [-0.25, -0.2) is 0 Å². The Morgan fingerprint density at radius 2 is 2.07 bits per heavy atom. The van der Waals surface area contributed by atoms with Crippen molar-refractivity contribution in [3.63, 3.8) is 0 Å². The highest BCUT2D eigenvalue weighted by atomic mass is 16.6. The van der Waals surface area contributed by atoms with Gasteiger partial charge in [0.25, 0.3) is 0 Å². The molecule has 0 saturated carbocycles. The number of aliphatic hydroxyl groups excluding tert-OH is 1. The first-order valence-corrected chi connectivity index (χ1v) is 4.70. The van der Waals surface area contributed by atoms with E-state index in [2.05, 4.69) is 11.8 Å². The summed E-state index contributed by atoms with van der Waals surface area (Å²) in [7, 11) is 0. The summed E-state index contributed by atoms with van der Waals surface area (Å²) in [6.07, 6.45) is -1.44. The molecule has 1 aliphatic heterocycles. The molecular formula is C12H10O3. The average molecular weight is 202 g/mol. The SMILES string of the molecule is O=C1C[C@H](O)[C@H](C#Cc2ccccc2)O1. The molecule has 1 heterocycles. The third kappa shape index (κ3) is 2.36. The van der Waals surface area contributed by atoms with Crippen LogP contribution in [-0.4, -0.2) is 23.3 Å². The van der Waals surface area contributed by atoms with E-state index in [4.69, 9.17) is 4.74 Å². The first kappa shape index (κ1) is 9.75. The highest BCUT2D eigenvalue weighted by molar-refractivity contribution is 5.73. The standard InChI is InChI=1S/C12H10O3/c13-10-8-12(14)15-11(10)7-6-9-4-2-1-3-5-9/h1-5,10-11,13H,8H2/t10-,11-/m0/s1. The number of hydrogen-bond donors (Lipinski definition) is 1. The first-order valence-electron chi connectivity index (χ1n) is 4.70. The zero-order valence-electron chi connectivity index (χ0n) is 8.01. The van der Waals surface area contributed by atoms with E-state index in [9.17, 15) is 9.90 Å². The number of esters is 1. The molecule has 1 fully saturated rings. The summed E-state index contributed by atoms with van der Waals surface area (Å²) in [5.74, 6) is 5.19. The van der Waals surface area contributed by atoms with Gasteiger partial charge >= 0.3 is 5.97 Å². The van der Waals surface area contributed by atoms with E-state index in [1.807, 2.05) is 30.3 Å². The van der Waals surface area contributed by atoms with Crippen LogP contribution >= 0.6 is 0 Å². The minimum atomic E-state index is -0.797. The van der Waals surface area contributed by atoms with Crippen LogP contribution in [0.3, 0.4) is 0 Å². The molecule has 15 heavy (non-hydrogen) atoms. The minimum absolute atomic E-state index is 0.0358. The van der Waals surface area contributed by atoms with Crippen molar-refractivity contribution >= 4 is 5.97 Å². The van der Waals surface area contributed by atoms with Gasteiger partial charge in [-0.05, 0) is 12.1 Å². The van der Waals surface area contributed by atoms with Gasteiger partial charge in [-0.1, -0.05) is 30.0 Å². The Balaban J connectivity index is 2.09. The van der Waals surface area contributed by atoms with Crippen LogP contribution in [0.25, 0.3) is 0 Å². The lowest BCUT2D eigenvalue weighted by molar-refractivity contribution is -0.139. The molecular weight excluding hydrogens is 192 g/mol. The summed E-state index contributed by atoms with van der Waals surface area (Å²) in [6.45, 7) is 0. The third-order valence-corrected chi connectivity index (χ3v) is 2.12. The smallest absolute Gasteiger partial charge is 0.309 e. The molecule has 2 atom stereocenters.